The normalized spacial score (nSPS) is 23.8. The Morgan fingerprint density at radius 3 is 2.97 bits per heavy atom. The molecule has 1 spiro atoms. The Kier molecular flexibility index (Phi) is 5.29. The van der Waals surface area contributed by atoms with E-state index in [1.807, 2.05) is 17.8 Å². The fourth-order valence-corrected chi connectivity index (χ4v) is 5.17. The molecule has 2 saturated heterocycles. The van der Waals surface area contributed by atoms with Gasteiger partial charge in [0.1, 0.15) is 12.6 Å². The highest BCUT2D eigenvalue weighted by Gasteiger charge is 2.54. The van der Waals surface area contributed by atoms with Crippen LogP contribution in [0.1, 0.15) is 67.9 Å². The van der Waals surface area contributed by atoms with Crippen LogP contribution in [0.5, 0.6) is 0 Å². The molecule has 3 aliphatic rings. The fraction of sp³-hybridized carbons (Fsp3) is 0.636. The Balaban J connectivity index is 1.31. The van der Waals surface area contributed by atoms with E-state index in [1.165, 1.54) is 25.7 Å². The van der Waals surface area contributed by atoms with Crippen molar-refractivity contribution in [3.8, 4) is 0 Å². The van der Waals surface area contributed by atoms with Gasteiger partial charge in [0.15, 0.2) is 5.82 Å². The van der Waals surface area contributed by atoms with Crippen LogP contribution in [0.25, 0.3) is 0 Å². The van der Waals surface area contributed by atoms with E-state index in [-0.39, 0.29) is 30.1 Å². The monoisotopic (exact) mass is 426 g/mol. The summed E-state index contributed by atoms with van der Waals surface area (Å²) in [7, 11) is 0. The van der Waals surface area contributed by atoms with Crippen LogP contribution < -0.4 is 5.32 Å². The van der Waals surface area contributed by atoms with E-state index < -0.39 is 0 Å². The largest absolute Gasteiger partial charge is 0.445 e. The van der Waals surface area contributed by atoms with Gasteiger partial charge in [-0.1, -0.05) is 30.7 Å². The Morgan fingerprint density at radius 1 is 1.45 bits per heavy atom. The zero-order valence-electron chi connectivity index (χ0n) is 18.0. The van der Waals surface area contributed by atoms with Gasteiger partial charge in [-0.25, -0.2) is 4.79 Å². The highest BCUT2D eigenvalue weighted by molar-refractivity contribution is 5.68. The molecule has 4 heterocycles. The Morgan fingerprint density at radius 2 is 2.26 bits per heavy atom. The quantitative estimate of drug-likeness (QED) is 0.709. The van der Waals surface area contributed by atoms with E-state index in [4.69, 9.17) is 19.3 Å². The average Bonchev–Trinajstić information content (AvgIpc) is 3.54. The van der Waals surface area contributed by atoms with Gasteiger partial charge in [0.05, 0.1) is 11.6 Å². The summed E-state index contributed by atoms with van der Waals surface area (Å²) >= 11 is 0. The van der Waals surface area contributed by atoms with E-state index in [2.05, 4.69) is 23.1 Å². The number of hydrogen-bond donors (Lipinski definition) is 1. The first-order chi connectivity index (χ1) is 15.1. The minimum atomic E-state index is -0.318. The second-order valence-electron chi connectivity index (χ2n) is 9.13. The lowest BCUT2D eigenvalue weighted by Crippen LogP contribution is -2.57. The molecule has 0 radical (unpaired) electrons. The number of aromatic nitrogens is 4. The molecule has 1 aliphatic carbocycles. The first-order valence-electron chi connectivity index (χ1n) is 11.2. The predicted octanol–water partition coefficient (Wildman–Crippen LogP) is 2.84. The van der Waals surface area contributed by atoms with Crippen molar-refractivity contribution in [2.45, 2.75) is 50.5 Å². The third-order valence-electron chi connectivity index (χ3n) is 7.11. The van der Waals surface area contributed by atoms with Crippen LogP contribution in [0.4, 0.5) is 4.79 Å². The molecule has 0 bridgehead atoms. The number of nitrogens with zero attached hydrogens (tertiary/aromatic N) is 5. The number of ether oxygens (including phenoxy) is 1. The summed E-state index contributed by atoms with van der Waals surface area (Å²) in [6, 6.07) is 1.98. The molecule has 166 valence electrons. The minimum Gasteiger partial charge on any atom is -0.445 e. The molecule has 9 nitrogen and oxygen atoms in total. The molecule has 0 aromatic carbocycles. The van der Waals surface area contributed by atoms with Crippen molar-refractivity contribution in [2.24, 2.45) is 5.41 Å². The van der Waals surface area contributed by atoms with Crippen molar-refractivity contribution in [3.63, 3.8) is 0 Å². The molecule has 2 aromatic heterocycles. The number of rotatable bonds is 6. The number of likely N-dealkylation sites (tertiary alicyclic amines) is 1. The third-order valence-corrected chi connectivity index (χ3v) is 7.11. The first-order valence-corrected chi connectivity index (χ1v) is 11.2. The van der Waals surface area contributed by atoms with Crippen LogP contribution in [0, 0.1) is 5.41 Å². The zero-order chi connectivity index (χ0) is 21.4. The minimum absolute atomic E-state index is 0.0152. The van der Waals surface area contributed by atoms with Crippen molar-refractivity contribution in [1.29, 1.82) is 0 Å². The van der Waals surface area contributed by atoms with Crippen LogP contribution in [-0.2, 0) is 4.74 Å². The van der Waals surface area contributed by atoms with Gasteiger partial charge in [0, 0.05) is 43.7 Å². The molecular weight excluding hydrogens is 396 g/mol. The number of carbonyl (C=O) groups is 1. The molecule has 5 rings (SSSR count). The van der Waals surface area contributed by atoms with Gasteiger partial charge >= 0.3 is 6.09 Å². The molecule has 1 amide bonds. The van der Waals surface area contributed by atoms with Crippen molar-refractivity contribution in [1.82, 2.24) is 30.1 Å². The molecule has 31 heavy (non-hydrogen) atoms. The maximum atomic E-state index is 12.4. The van der Waals surface area contributed by atoms with Gasteiger partial charge in [-0.05, 0) is 25.8 Å². The standard InChI is InChI=1S/C22H30N6O3/c1-3-10-30-21(29)27-11-17(22(14-27)12-23-13-22)19-24-20(31-26-19)15(2)28-9-8-18(25-28)16-6-4-5-7-16/h3,8-9,15-17,23H,1,4-7,10-14H2,2H3. The van der Waals surface area contributed by atoms with Crippen LogP contribution in [0.15, 0.2) is 29.4 Å². The average molecular weight is 427 g/mol. The maximum absolute atomic E-state index is 12.4. The second kappa shape index (κ2) is 8.11. The topological polar surface area (TPSA) is 98.3 Å². The van der Waals surface area contributed by atoms with Gasteiger partial charge < -0.3 is 19.5 Å². The van der Waals surface area contributed by atoms with Crippen molar-refractivity contribution >= 4 is 6.09 Å². The first kappa shape index (κ1) is 20.2. The molecule has 1 N–H and O–H groups in total. The van der Waals surface area contributed by atoms with Crippen LogP contribution in [0.3, 0.4) is 0 Å². The van der Waals surface area contributed by atoms with Gasteiger partial charge in [-0.15, -0.1) is 0 Å². The third kappa shape index (κ3) is 3.64. The van der Waals surface area contributed by atoms with E-state index in [0.717, 1.165) is 18.8 Å². The molecule has 2 aliphatic heterocycles. The maximum Gasteiger partial charge on any atom is 0.410 e. The van der Waals surface area contributed by atoms with Crippen molar-refractivity contribution in [3.05, 3.63) is 42.3 Å². The lowest BCUT2D eigenvalue weighted by molar-refractivity contribution is 0.107. The molecule has 1 saturated carbocycles. The smallest absolute Gasteiger partial charge is 0.410 e. The van der Waals surface area contributed by atoms with Crippen molar-refractivity contribution < 1.29 is 14.1 Å². The Labute approximate surface area is 181 Å². The summed E-state index contributed by atoms with van der Waals surface area (Å²) in [5.41, 5.74) is 1.09. The molecule has 2 unspecified atom stereocenters. The van der Waals surface area contributed by atoms with E-state index in [1.54, 1.807) is 11.0 Å². The summed E-state index contributed by atoms with van der Waals surface area (Å²) < 4.78 is 12.8. The van der Waals surface area contributed by atoms with E-state index >= 15 is 0 Å². The second-order valence-corrected chi connectivity index (χ2v) is 9.13. The summed E-state index contributed by atoms with van der Waals surface area (Å²) in [6.07, 6.45) is 8.28. The van der Waals surface area contributed by atoms with Gasteiger partial charge in [0.25, 0.3) is 5.89 Å². The number of nitrogens with one attached hydrogen (secondary N) is 1. The number of amides is 1. The Bertz CT molecular complexity index is 943. The summed E-state index contributed by atoms with van der Waals surface area (Å²) in [4.78, 5) is 18.9. The van der Waals surface area contributed by atoms with E-state index in [9.17, 15) is 4.79 Å². The summed E-state index contributed by atoms with van der Waals surface area (Å²) in [5, 5.41) is 12.4. The highest BCUT2D eigenvalue weighted by atomic mass is 16.6. The molecule has 9 heteroatoms. The van der Waals surface area contributed by atoms with Gasteiger partial charge in [0.2, 0.25) is 0 Å². The zero-order valence-corrected chi connectivity index (χ0v) is 18.0. The van der Waals surface area contributed by atoms with Crippen LogP contribution >= 0.6 is 0 Å². The molecular formula is C22H30N6O3. The molecule has 2 aromatic rings. The predicted molar refractivity (Wildman–Crippen MR) is 113 cm³/mol. The Hall–Kier alpha value is -2.68. The van der Waals surface area contributed by atoms with Crippen LogP contribution in [-0.4, -0.2) is 63.7 Å². The summed E-state index contributed by atoms with van der Waals surface area (Å²) in [5.74, 6) is 1.79. The van der Waals surface area contributed by atoms with Gasteiger partial charge in [-0.3, -0.25) is 4.68 Å². The van der Waals surface area contributed by atoms with Crippen LogP contribution in [0.2, 0.25) is 0 Å². The number of carbonyl (C=O) groups excluding carboxylic acids is 1. The number of hydrogen-bond acceptors (Lipinski definition) is 7. The van der Waals surface area contributed by atoms with Crippen molar-refractivity contribution in [2.75, 3.05) is 32.8 Å². The lowest BCUT2D eigenvalue weighted by atomic mass is 9.73. The molecule has 2 atom stereocenters. The lowest BCUT2D eigenvalue weighted by Gasteiger charge is -2.42. The SMILES string of the molecule is C=CCOC(=O)N1CC(c2noc(C(C)n3ccc(C4CCCC4)n3)n2)C2(CNC2)C1. The summed E-state index contributed by atoms with van der Waals surface area (Å²) in [6.45, 7) is 8.64. The highest BCUT2D eigenvalue weighted by Crippen LogP contribution is 2.45. The molecule has 3 fully saturated rings. The van der Waals surface area contributed by atoms with Gasteiger partial charge in [-0.2, -0.15) is 10.1 Å². The fourth-order valence-electron chi connectivity index (χ4n) is 5.17. The van der Waals surface area contributed by atoms with E-state index in [0.29, 0.717) is 30.7 Å².